The van der Waals surface area contributed by atoms with Gasteiger partial charge in [0, 0.05) is 37.9 Å². The molecule has 8 aromatic rings. The maximum Gasteiger partial charge on any atom is 0.143 e. The highest BCUT2D eigenvalue weighted by atomic mass is 79.9. The van der Waals surface area contributed by atoms with Gasteiger partial charge >= 0.3 is 0 Å². The molecule has 1 aromatic heterocycles. The highest BCUT2D eigenvalue weighted by Crippen LogP contribution is 2.40. The molecule has 0 saturated carbocycles. The van der Waals surface area contributed by atoms with E-state index in [1.54, 1.807) is 0 Å². The topological polar surface area (TPSA) is 16.4 Å². The second kappa shape index (κ2) is 11.6. The Kier molecular flexibility index (Phi) is 7.01. The fourth-order valence-corrected chi connectivity index (χ4v) is 6.35. The Hall–Kier alpha value is -5.38. The third-order valence-electron chi connectivity index (χ3n) is 8.38. The molecule has 0 N–H and O–H groups in total. The highest BCUT2D eigenvalue weighted by Gasteiger charge is 2.16. The molecule has 8 rings (SSSR count). The Balaban J connectivity index is 1.19. The van der Waals surface area contributed by atoms with Gasteiger partial charge < -0.3 is 9.32 Å². The molecule has 0 radical (unpaired) electrons. The van der Waals surface area contributed by atoms with E-state index in [4.69, 9.17) is 4.42 Å². The molecule has 7 aromatic carbocycles. The summed E-state index contributed by atoms with van der Waals surface area (Å²) in [5.41, 5.74) is 12.1. The molecule has 0 unspecified atom stereocenters. The van der Waals surface area contributed by atoms with E-state index < -0.39 is 0 Å². The van der Waals surface area contributed by atoms with Gasteiger partial charge in [-0.25, -0.2) is 0 Å². The van der Waals surface area contributed by atoms with Crippen molar-refractivity contribution in [2.24, 2.45) is 0 Å². The molecule has 0 atom stereocenters. The summed E-state index contributed by atoms with van der Waals surface area (Å²) in [5.74, 6) is 0. The fraction of sp³-hybridized carbons (Fsp3) is 0. The second-order valence-electron chi connectivity index (χ2n) is 11.1. The lowest BCUT2D eigenvalue weighted by Crippen LogP contribution is -2.09. The second-order valence-corrected chi connectivity index (χ2v) is 12.0. The number of fused-ring (bicyclic) bond motifs is 3. The van der Waals surface area contributed by atoms with Crippen molar-refractivity contribution in [3.63, 3.8) is 0 Å². The lowest BCUT2D eigenvalue weighted by Gasteiger charge is -2.26. The van der Waals surface area contributed by atoms with Crippen LogP contribution in [0.5, 0.6) is 0 Å². The zero-order chi connectivity index (χ0) is 30.2. The monoisotopic (exact) mass is 641 g/mol. The number of rotatable bonds is 6. The normalized spacial score (nSPS) is 11.2. The summed E-state index contributed by atoms with van der Waals surface area (Å²) in [4.78, 5) is 2.31. The first kappa shape index (κ1) is 27.2. The van der Waals surface area contributed by atoms with Crippen molar-refractivity contribution >= 4 is 54.9 Å². The summed E-state index contributed by atoms with van der Waals surface area (Å²) in [5, 5.41) is 2.28. The summed E-state index contributed by atoms with van der Waals surface area (Å²) in [7, 11) is 0. The molecule has 1 heterocycles. The van der Waals surface area contributed by atoms with E-state index in [2.05, 4.69) is 179 Å². The molecule has 3 heteroatoms. The van der Waals surface area contributed by atoms with Crippen LogP contribution in [0.2, 0.25) is 0 Å². The zero-order valence-corrected chi connectivity index (χ0v) is 26.0. The number of anilines is 3. The van der Waals surface area contributed by atoms with Gasteiger partial charge in [-0.1, -0.05) is 131 Å². The third-order valence-corrected chi connectivity index (χ3v) is 8.91. The van der Waals surface area contributed by atoms with Crippen LogP contribution in [0.25, 0.3) is 55.3 Å². The van der Waals surface area contributed by atoms with Crippen LogP contribution in [0.3, 0.4) is 0 Å². The van der Waals surface area contributed by atoms with Gasteiger partial charge in [-0.2, -0.15) is 0 Å². The lowest BCUT2D eigenvalue weighted by molar-refractivity contribution is 0.670. The van der Waals surface area contributed by atoms with Crippen molar-refractivity contribution in [3.8, 4) is 33.4 Å². The van der Waals surface area contributed by atoms with Gasteiger partial charge in [0.05, 0.1) is 0 Å². The van der Waals surface area contributed by atoms with Crippen molar-refractivity contribution in [1.29, 1.82) is 0 Å². The van der Waals surface area contributed by atoms with Gasteiger partial charge in [-0.05, 0) is 82.4 Å². The van der Waals surface area contributed by atoms with Crippen molar-refractivity contribution in [2.75, 3.05) is 4.90 Å². The molecule has 0 aliphatic rings. The first-order chi connectivity index (χ1) is 22.2. The maximum absolute atomic E-state index is 6.34. The average Bonchev–Trinajstić information content (AvgIpc) is 3.49. The standard InChI is InChI=1S/C42H28BrNO/c43-34-21-13-30(14-22-34)32-17-25-36(26-18-32)44(35-23-15-31(16-24-35)29-7-2-1-3-8-29)37-27-19-33(20-28-37)38-10-6-11-40-39-9-4-5-12-41(39)45-42(38)40/h1-28H. The van der Waals surface area contributed by atoms with E-state index in [-0.39, 0.29) is 0 Å². The van der Waals surface area contributed by atoms with Crippen molar-refractivity contribution in [2.45, 2.75) is 0 Å². The first-order valence-corrected chi connectivity index (χ1v) is 15.8. The van der Waals surface area contributed by atoms with Crippen LogP contribution >= 0.6 is 15.9 Å². The molecule has 45 heavy (non-hydrogen) atoms. The van der Waals surface area contributed by atoms with Crippen LogP contribution in [0.4, 0.5) is 17.1 Å². The van der Waals surface area contributed by atoms with E-state index in [0.29, 0.717) is 0 Å². The van der Waals surface area contributed by atoms with Crippen LogP contribution in [0, 0.1) is 0 Å². The molecule has 0 aliphatic heterocycles. The predicted molar refractivity (Wildman–Crippen MR) is 192 cm³/mol. The van der Waals surface area contributed by atoms with Gasteiger partial charge in [0.25, 0.3) is 0 Å². The molecule has 0 saturated heterocycles. The van der Waals surface area contributed by atoms with Crippen molar-refractivity contribution in [3.05, 3.63) is 174 Å². The van der Waals surface area contributed by atoms with E-state index in [1.165, 1.54) is 22.3 Å². The molecule has 0 aliphatic carbocycles. The summed E-state index contributed by atoms with van der Waals surface area (Å²) >= 11 is 3.55. The fourth-order valence-electron chi connectivity index (χ4n) is 6.09. The van der Waals surface area contributed by atoms with Gasteiger partial charge in [0.15, 0.2) is 0 Å². The molecule has 0 amide bonds. The summed E-state index contributed by atoms with van der Waals surface area (Å²) in [6.07, 6.45) is 0. The number of benzene rings is 7. The maximum atomic E-state index is 6.34. The lowest BCUT2D eigenvalue weighted by atomic mass is 10.0. The zero-order valence-electron chi connectivity index (χ0n) is 24.4. The van der Waals surface area contributed by atoms with Gasteiger partial charge in [-0.15, -0.1) is 0 Å². The average molecular weight is 643 g/mol. The molecule has 214 valence electrons. The van der Waals surface area contributed by atoms with Crippen LogP contribution in [0.15, 0.2) is 179 Å². The van der Waals surface area contributed by atoms with Gasteiger partial charge in [0.1, 0.15) is 11.2 Å². The number of nitrogens with zero attached hydrogens (tertiary/aromatic N) is 1. The van der Waals surface area contributed by atoms with Crippen LogP contribution in [-0.4, -0.2) is 0 Å². The van der Waals surface area contributed by atoms with Crippen molar-refractivity contribution < 1.29 is 4.42 Å². The first-order valence-electron chi connectivity index (χ1n) is 15.0. The number of hydrogen-bond donors (Lipinski definition) is 0. The molecule has 2 nitrogen and oxygen atoms in total. The minimum absolute atomic E-state index is 0.910. The smallest absolute Gasteiger partial charge is 0.143 e. The van der Waals surface area contributed by atoms with Crippen molar-refractivity contribution in [1.82, 2.24) is 0 Å². The van der Waals surface area contributed by atoms with E-state index >= 15 is 0 Å². The number of halogens is 1. The van der Waals surface area contributed by atoms with E-state index in [0.717, 1.165) is 54.6 Å². The Labute approximate surface area is 271 Å². The largest absolute Gasteiger partial charge is 0.455 e. The summed E-state index contributed by atoms with van der Waals surface area (Å²) < 4.78 is 7.42. The Morgan fingerprint density at radius 1 is 0.378 bits per heavy atom. The quantitative estimate of drug-likeness (QED) is 0.179. The predicted octanol–water partition coefficient (Wildman–Crippen LogP) is 12.8. The third kappa shape index (κ3) is 5.22. The number of furan rings is 1. The highest BCUT2D eigenvalue weighted by molar-refractivity contribution is 9.10. The Morgan fingerprint density at radius 2 is 0.844 bits per heavy atom. The summed E-state index contributed by atoms with van der Waals surface area (Å²) in [6, 6.07) is 59.9. The Bertz CT molecular complexity index is 2230. The minimum Gasteiger partial charge on any atom is -0.455 e. The molecule has 0 fully saturated rings. The molecular formula is C42H28BrNO. The van der Waals surface area contributed by atoms with Crippen LogP contribution in [-0.2, 0) is 0 Å². The van der Waals surface area contributed by atoms with Gasteiger partial charge in [0.2, 0.25) is 0 Å². The molecule has 0 bridgehead atoms. The summed E-state index contributed by atoms with van der Waals surface area (Å²) in [6.45, 7) is 0. The minimum atomic E-state index is 0.910. The number of para-hydroxylation sites is 2. The Morgan fingerprint density at radius 3 is 1.44 bits per heavy atom. The SMILES string of the molecule is Brc1ccc(-c2ccc(N(c3ccc(-c4ccccc4)cc3)c3ccc(-c4cccc5c4oc4ccccc45)cc3)cc2)cc1. The van der Waals surface area contributed by atoms with Crippen LogP contribution < -0.4 is 4.90 Å². The van der Waals surface area contributed by atoms with Gasteiger partial charge in [-0.3, -0.25) is 0 Å². The molecule has 0 spiro atoms. The van der Waals surface area contributed by atoms with E-state index in [9.17, 15) is 0 Å². The van der Waals surface area contributed by atoms with E-state index in [1.807, 2.05) is 12.1 Å². The van der Waals surface area contributed by atoms with Crippen LogP contribution in [0.1, 0.15) is 0 Å². The molecular weight excluding hydrogens is 614 g/mol. The number of hydrogen-bond acceptors (Lipinski definition) is 2.